The van der Waals surface area contributed by atoms with Gasteiger partial charge in [0.25, 0.3) is 5.91 Å². The Hall–Kier alpha value is -1.13. The van der Waals surface area contributed by atoms with E-state index in [1.165, 1.54) is 0 Å². The molecule has 2 rings (SSSR count). The summed E-state index contributed by atoms with van der Waals surface area (Å²) in [6, 6.07) is 3.49. The van der Waals surface area contributed by atoms with Crippen molar-refractivity contribution in [1.82, 2.24) is 14.8 Å². The fraction of sp³-hybridized carbons (Fsp3) is 0.571. The number of aromatic nitrogens is 1. The first-order valence-electron chi connectivity index (χ1n) is 6.62. The van der Waals surface area contributed by atoms with Crippen LogP contribution in [0.4, 0.5) is 0 Å². The normalized spacial score (nSPS) is 16.9. The zero-order valence-corrected chi connectivity index (χ0v) is 12.2. The van der Waals surface area contributed by atoms with E-state index < -0.39 is 0 Å². The molecule has 1 aliphatic heterocycles. The molecule has 5 heteroatoms. The zero-order valence-electron chi connectivity index (χ0n) is 11.5. The highest BCUT2D eigenvalue weighted by Gasteiger charge is 2.25. The summed E-state index contributed by atoms with van der Waals surface area (Å²) in [5, 5.41) is 0.294. The zero-order chi connectivity index (χ0) is 13.8. The largest absolute Gasteiger partial charge is 0.339 e. The summed E-state index contributed by atoms with van der Waals surface area (Å²) < 4.78 is 0. The minimum Gasteiger partial charge on any atom is -0.339 e. The molecule has 1 amide bonds. The summed E-state index contributed by atoms with van der Waals surface area (Å²) in [6.45, 7) is 2.71. The molecule has 0 N–H and O–H groups in total. The number of carbonyl (C=O) groups excluding carboxylic acids is 1. The third-order valence-electron chi connectivity index (χ3n) is 3.51. The number of hydrogen-bond donors (Lipinski definition) is 0. The molecule has 0 aliphatic carbocycles. The molecule has 0 spiro atoms. The van der Waals surface area contributed by atoms with E-state index in [0.29, 0.717) is 16.6 Å². The van der Waals surface area contributed by atoms with Crippen molar-refractivity contribution < 1.29 is 4.79 Å². The van der Waals surface area contributed by atoms with Crippen LogP contribution in [0.1, 0.15) is 23.2 Å². The molecule has 1 fully saturated rings. The second-order valence-corrected chi connectivity index (χ2v) is 5.70. The molecule has 1 saturated heterocycles. The third-order valence-corrected chi connectivity index (χ3v) is 3.82. The predicted molar refractivity (Wildman–Crippen MR) is 76.4 cm³/mol. The SMILES string of the molecule is CN(C)CC1CCN(C(=O)c2cccnc2Cl)CC1. The molecule has 2 heterocycles. The molecule has 4 nitrogen and oxygen atoms in total. The van der Waals surface area contributed by atoms with Crippen LogP contribution < -0.4 is 0 Å². The van der Waals surface area contributed by atoms with E-state index in [4.69, 9.17) is 11.6 Å². The lowest BCUT2D eigenvalue weighted by Crippen LogP contribution is -2.40. The second-order valence-electron chi connectivity index (χ2n) is 5.34. The van der Waals surface area contributed by atoms with E-state index in [9.17, 15) is 4.79 Å². The van der Waals surface area contributed by atoms with Crippen molar-refractivity contribution in [2.75, 3.05) is 33.7 Å². The van der Waals surface area contributed by atoms with Crippen LogP contribution in [0.2, 0.25) is 5.15 Å². The fourth-order valence-electron chi connectivity index (χ4n) is 2.55. The molecule has 0 radical (unpaired) electrons. The highest BCUT2D eigenvalue weighted by atomic mass is 35.5. The highest BCUT2D eigenvalue weighted by Crippen LogP contribution is 2.21. The van der Waals surface area contributed by atoms with Crippen LogP contribution in [0.15, 0.2) is 18.3 Å². The molecule has 0 bridgehead atoms. The Morgan fingerprint density at radius 3 is 2.74 bits per heavy atom. The third kappa shape index (κ3) is 3.67. The summed E-state index contributed by atoms with van der Waals surface area (Å²) in [6.07, 6.45) is 3.71. The number of halogens is 1. The standard InChI is InChI=1S/C14H20ClN3O/c1-17(2)10-11-5-8-18(9-6-11)14(19)12-4-3-7-16-13(12)15/h3-4,7,11H,5-6,8-10H2,1-2H3. The van der Waals surface area contributed by atoms with Crippen molar-refractivity contribution in [3.05, 3.63) is 29.0 Å². The number of nitrogens with zero attached hydrogens (tertiary/aromatic N) is 3. The Morgan fingerprint density at radius 2 is 2.16 bits per heavy atom. The summed E-state index contributed by atoms with van der Waals surface area (Å²) in [4.78, 5) is 20.4. The average molecular weight is 282 g/mol. The lowest BCUT2D eigenvalue weighted by molar-refractivity contribution is 0.0678. The van der Waals surface area contributed by atoms with Crippen molar-refractivity contribution in [3.63, 3.8) is 0 Å². The smallest absolute Gasteiger partial charge is 0.256 e. The number of hydrogen-bond acceptors (Lipinski definition) is 3. The van der Waals surface area contributed by atoms with Crippen molar-refractivity contribution in [3.8, 4) is 0 Å². The average Bonchev–Trinajstić information content (AvgIpc) is 2.39. The molecule has 104 valence electrons. The second kappa shape index (κ2) is 6.35. The predicted octanol–water partition coefficient (Wildman–Crippen LogP) is 2.15. The fourth-order valence-corrected chi connectivity index (χ4v) is 2.75. The van der Waals surface area contributed by atoms with Crippen LogP contribution in [0.3, 0.4) is 0 Å². The molecular weight excluding hydrogens is 262 g/mol. The minimum atomic E-state index is 0.00130. The van der Waals surface area contributed by atoms with Crippen LogP contribution >= 0.6 is 11.6 Å². The first kappa shape index (κ1) is 14.3. The molecule has 0 aromatic carbocycles. The molecule has 19 heavy (non-hydrogen) atoms. The topological polar surface area (TPSA) is 36.4 Å². The Balaban J connectivity index is 1.95. The van der Waals surface area contributed by atoms with E-state index in [1.807, 2.05) is 4.90 Å². The number of carbonyl (C=O) groups is 1. The van der Waals surface area contributed by atoms with Gasteiger partial charge in [-0.05, 0) is 45.0 Å². The number of likely N-dealkylation sites (tertiary alicyclic amines) is 1. The summed E-state index contributed by atoms with van der Waals surface area (Å²) in [7, 11) is 4.18. The Bertz CT molecular complexity index is 442. The Kier molecular flexibility index (Phi) is 4.77. The first-order chi connectivity index (χ1) is 9.08. The quantitative estimate of drug-likeness (QED) is 0.797. The molecule has 0 unspecified atom stereocenters. The monoisotopic (exact) mass is 281 g/mol. The van der Waals surface area contributed by atoms with Crippen LogP contribution in [0, 0.1) is 5.92 Å². The maximum atomic E-state index is 12.3. The Morgan fingerprint density at radius 1 is 1.47 bits per heavy atom. The van der Waals surface area contributed by atoms with Gasteiger partial charge in [0.1, 0.15) is 5.15 Å². The van der Waals surface area contributed by atoms with Gasteiger partial charge >= 0.3 is 0 Å². The van der Waals surface area contributed by atoms with Gasteiger partial charge in [-0.3, -0.25) is 4.79 Å². The van der Waals surface area contributed by atoms with Gasteiger partial charge in [0.2, 0.25) is 0 Å². The molecular formula is C14H20ClN3O. The minimum absolute atomic E-state index is 0.00130. The van der Waals surface area contributed by atoms with Gasteiger partial charge < -0.3 is 9.80 Å². The van der Waals surface area contributed by atoms with Gasteiger partial charge in [0.15, 0.2) is 0 Å². The first-order valence-corrected chi connectivity index (χ1v) is 7.00. The molecule has 1 aromatic heterocycles. The van der Waals surface area contributed by atoms with Crippen LogP contribution in [0.25, 0.3) is 0 Å². The van der Waals surface area contributed by atoms with Gasteiger partial charge in [0, 0.05) is 25.8 Å². The van der Waals surface area contributed by atoms with E-state index in [1.54, 1.807) is 18.3 Å². The number of piperidine rings is 1. The van der Waals surface area contributed by atoms with Crippen molar-refractivity contribution in [2.24, 2.45) is 5.92 Å². The lowest BCUT2D eigenvalue weighted by Gasteiger charge is -2.33. The maximum absolute atomic E-state index is 12.3. The van der Waals surface area contributed by atoms with Gasteiger partial charge in [-0.2, -0.15) is 0 Å². The van der Waals surface area contributed by atoms with Crippen molar-refractivity contribution in [1.29, 1.82) is 0 Å². The number of pyridine rings is 1. The number of rotatable bonds is 3. The van der Waals surface area contributed by atoms with E-state index in [-0.39, 0.29) is 5.91 Å². The van der Waals surface area contributed by atoms with Gasteiger partial charge in [-0.15, -0.1) is 0 Å². The van der Waals surface area contributed by atoms with Crippen molar-refractivity contribution in [2.45, 2.75) is 12.8 Å². The van der Waals surface area contributed by atoms with E-state index in [2.05, 4.69) is 24.0 Å². The van der Waals surface area contributed by atoms with Crippen LogP contribution in [-0.2, 0) is 0 Å². The van der Waals surface area contributed by atoms with E-state index in [0.717, 1.165) is 32.5 Å². The van der Waals surface area contributed by atoms with Gasteiger partial charge in [-0.1, -0.05) is 11.6 Å². The van der Waals surface area contributed by atoms with E-state index >= 15 is 0 Å². The van der Waals surface area contributed by atoms with Crippen LogP contribution in [-0.4, -0.2) is 54.4 Å². The maximum Gasteiger partial charge on any atom is 0.256 e. The lowest BCUT2D eigenvalue weighted by atomic mass is 9.96. The summed E-state index contributed by atoms with van der Waals surface area (Å²) in [5.74, 6) is 0.685. The van der Waals surface area contributed by atoms with Gasteiger partial charge in [0.05, 0.1) is 5.56 Å². The Labute approximate surface area is 119 Å². The van der Waals surface area contributed by atoms with Crippen molar-refractivity contribution >= 4 is 17.5 Å². The highest BCUT2D eigenvalue weighted by molar-refractivity contribution is 6.32. The molecule has 0 atom stereocenters. The molecule has 1 aromatic rings. The van der Waals surface area contributed by atoms with Gasteiger partial charge in [-0.25, -0.2) is 4.98 Å². The summed E-state index contributed by atoms with van der Waals surface area (Å²) >= 11 is 5.97. The number of amides is 1. The molecule has 1 aliphatic rings. The summed E-state index contributed by atoms with van der Waals surface area (Å²) in [5.41, 5.74) is 0.509. The molecule has 0 saturated carbocycles. The van der Waals surface area contributed by atoms with Crippen LogP contribution in [0.5, 0.6) is 0 Å².